The van der Waals surface area contributed by atoms with E-state index in [2.05, 4.69) is 10.3 Å². The van der Waals surface area contributed by atoms with Crippen LogP contribution in [-0.4, -0.2) is 49.7 Å². The van der Waals surface area contributed by atoms with Gasteiger partial charge in [-0.25, -0.2) is 12.7 Å². The van der Waals surface area contributed by atoms with Crippen LogP contribution in [0.15, 0.2) is 12.1 Å². The van der Waals surface area contributed by atoms with Crippen LogP contribution in [0.1, 0.15) is 19.8 Å². The molecule has 0 aromatic carbocycles. The van der Waals surface area contributed by atoms with Crippen LogP contribution in [-0.2, 0) is 10.0 Å². The van der Waals surface area contributed by atoms with Gasteiger partial charge in [-0.2, -0.15) is 4.98 Å². The summed E-state index contributed by atoms with van der Waals surface area (Å²) in [5, 5.41) is 3.31. The third-order valence-electron chi connectivity index (χ3n) is 3.45. The van der Waals surface area contributed by atoms with Crippen LogP contribution in [0.5, 0.6) is 5.88 Å². The number of aromatic nitrogens is 1. The van der Waals surface area contributed by atoms with E-state index in [0.29, 0.717) is 37.1 Å². The lowest BCUT2D eigenvalue weighted by atomic mass is 10.1. The summed E-state index contributed by atoms with van der Waals surface area (Å²) >= 11 is 0. The van der Waals surface area contributed by atoms with Gasteiger partial charge in [0.1, 0.15) is 5.82 Å². The maximum atomic E-state index is 11.5. The van der Waals surface area contributed by atoms with E-state index in [1.54, 1.807) is 12.1 Å². The molecule has 118 valence electrons. The predicted octanol–water partition coefficient (Wildman–Crippen LogP) is 0.898. The summed E-state index contributed by atoms with van der Waals surface area (Å²) in [5.74, 6) is 1.13. The molecule has 1 saturated heterocycles. The van der Waals surface area contributed by atoms with E-state index >= 15 is 0 Å². The minimum atomic E-state index is -3.09. The largest absolute Gasteiger partial charge is 0.476 e. The monoisotopic (exact) mass is 314 g/mol. The van der Waals surface area contributed by atoms with Crippen LogP contribution in [0.3, 0.4) is 0 Å². The van der Waals surface area contributed by atoms with Crippen molar-refractivity contribution in [3.8, 4) is 5.88 Å². The number of rotatable bonds is 5. The molecule has 0 amide bonds. The maximum Gasteiger partial charge on any atom is 0.239 e. The van der Waals surface area contributed by atoms with Gasteiger partial charge in [0.2, 0.25) is 15.9 Å². The van der Waals surface area contributed by atoms with Crippen LogP contribution in [0.2, 0.25) is 0 Å². The van der Waals surface area contributed by atoms with Crippen molar-refractivity contribution in [2.75, 3.05) is 37.0 Å². The highest BCUT2D eigenvalue weighted by Gasteiger charge is 2.25. The van der Waals surface area contributed by atoms with Crippen molar-refractivity contribution in [2.24, 2.45) is 0 Å². The van der Waals surface area contributed by atoms with E-state index in [1.165, 1.54) is 10.6 Å². The molecular formula is C13H22N4O3S. The van der Waals surface area contributed by atoms with Gasteiger partial charge in [0.15, 0.2) is 0 Å². The van der Waals surface area contributed by atoms with Crippen LogP contribution >= 0.6 is 0 Å². The van der Waals surface area contributed by atoms with Crippen LogP contribution in [0.4, 0.5) is 11.5 Å². The molecule has 1 aromatic heterocycles. The minimum absolute atomic E-state index is 0.202. The Morgan fingerprint density at radius 2 is 2.10 bits per heavy atom. The Balaban J connectivity index is 1.96. The molecule has 0 saturated carbocycles. The fourth-order valence-corrected chi connectivity index (χ4v) is 3.20. The van der Waals surface area contributed by atoms with Gasteiger partial charge in [0, 0.05) is 19.1 Å². The van der Waals surface area contributed by atoms with Crippen molar-refractivity contribution in [1.29, 1.82) is 0 Å². The highest BCUT2D eigenvalue weighted by molar-refractivity contribution is 7.88. The number of nitrogens with one attached hydrogen (secondary N) is 1. The highest BCUT2D eigenvalue weighted by atomic mass is 32.2. The van der Waals surface area contributed by atoms with Gasteiger partial charge in [-0.15, -0.1) is 0 Å². The SMILES string of the molecule is CCOc1nc(NC2CCN(S(C)(=O)=O)CC2)ccc1N. The normalized spacial score (nSPS) is 17.6. The van der Waals surface area contributed by atoms with Crippen LogP contribution in [0, 0.1) is 0 Å². The molecule has 0 bridgehead atoms. The molecule has 2 rings (SSSR count). The number of piperidine rings is 1. The van der Waals surface area contributed by atoms with Crippen molar-refractivity contribution in [2.45, 2.75) is 25.8 Å². The number of anilines is 2. The lowest BCUT2D eigenvalue weighted by Crippen LogP contribution is -2.41. The summed E-state index contributed by atoms with van der Waals surface area (Å²) in [5.41, 5.74) is 6.29. The molecule has 3 N–H and O–H groups in total. The summed E-state index contributed by atoms with van der Waals surface area (Å²) in [6.45, 7) is 3.45. The van der Waals surface area contributed by atoms with Crippen molar-refractivity contribution in [3.63, 3.8) is 0 Å². The first-order chi connectivity index (χ1) is 9.90. The highest BCUT2D eigenvalue weighted by Crippen LogP contribution is 2.23. The zero-order chi connectivity index (χ0) is 15.5. The lowest BCUT2D eigenvalue weighted by Gasteiger charge is -2.31. The van der Waals surface area contributed by atoms with E-state index in [0.717, 1.165) is 12.8 Å². The van der Waals surface area contributed by atoms with E-state index in [-0.39, 0.29) is 6.04 Å². The number of pyridine rings is 1. The average molecular weight is 314 g/mol. The van der Waals surface area contributed by atoms with Crippen molar-refractivity contribution < 1.29 is 13.2 Å². The Morgan fingerprint density at radius 1 is 1.43 bits per heavy atom. The topological polar surface area (TPSA) is 97.5 Å². The van der Waals surface area contributed by atoms with Gasteiger partial charge in [-0.3, -0.25) is 0 Å². The molecular weight excluding hydrogens is 292 g/mol. The number of sulfonamides is 1. The summed E-state index contributed by atoms with van der Waals surface area (Å²) < 4.78 is 29.8. The molecule has 21 heavy (non-hydrogen) atoms. The van der Waals surface area contributed by atoms with Crippen LogP contribution in [0.25, 0.3) is 0 Å². The zero-order valence-electron chi connectivity index (χ0n) is 12.4. The lowest BCUT2D eigenvalue weighted by molar-refractivity contribution is 0.326. The molecule has 0 unspecified atom stereocenters. The van der Waals surface area contributed by atoms with Gasteiger partial charge >= 0.3 is 0 Å². The third-order valence-corrected chi connectivity index (χ3v) is 4.75. The fraction of sp³-hybridized carbons (Fsp3) is 0.615. The average Bonchev–Trinajstić information content (AvgIpc) is 2.42. The van der Waals surface area contributed by atoms with Gasteiger partial charge in [0.05, 0.1) is 18.6 Å². The van der Waals surface area contributed by atoms with Crippen molar-refractivity contribution in [3.05, 3.63) is 12.1 Å². The first kappa shape index (κ1) is 15.8. The number of nitrogen functional groups attached to an aromatic ring is 1. The molecule has 0 atom stereocenters. The summed E-state index contributed by atoms with van der Waals surface area (Å²) in [4.78, 5) is 4.33. The molecule has 0 spiro atoms. The molecule has 8 heteroatoms. The summed E-state index contributed by atoms with van der Waals surface area (Å²) in [6, 6.07) is 3.76. The predicted molar refractivity (Wildman–Crippen MR) is 82.9 cm³/mol. The molecule has 1 aliphatic rings. The van der Waals surface area contributed by atoms with Crippen molar-refractivity contribution in [1.82, 2.24) is 9.29 Å². The number of hydrogen-bond acceptors (Lipinski definition) is 6. The first-order valence-electron chi connectivity index (χ1n) is 7.01. The van der Waals surface area contributed by atoms with E-state index < -0.39 is 10.0 Å². The molecule has 2 heterocycles. The number of nitrogens with two attached hydrogens (primary N) is 1. The van der Waals surface area contributed by atoms with E-state index in [4.69, 9.17) is 10.5 Å². The zero-order valence-corrected chi connectivity index (χ0v) is 13.2. The van der Waals surface area contributed by atoms with Gasteiger partial charge in [-0.1, -0.05) is 0 Å². The Kier molecular flexibility index (Phi) is 4.89. The van der Waals surface area contributed by atoms with E-state index in [1.807, 2.05) is 6.92 Å². The van der Waals surface area contributed by atoms with Gasteiger partial charge in [0.25, 0.3) is 0 Å². The Labute approximate surface area is 125 Å². The summed E-state index contributed by atoms with van der Waals surface area (Å²) in [7, 11) is -3.09. The molecule has 1 aliphatic heterocycles. The Morgan fingerprint density at radius 3 is 2.67 bits per heavy atom. The van der Waals surface area contributed by atoms with Gasteiger partial charge in [-0.05, 0) is 31.9 Å². The minimum Gasteiger partial charge on any atom is -0.476 e. The summed E-state index contributed by atoms with van der Waals surface area (Å²) in [6.07, 6.45) is 2.75. The number of nitrogens with zero attached hydrogens (tertiary/aromatic N) is 2. The second-order valence-corrected chi connectivity index (χ2v) is 7.09. The molecule has 1 aromatic rings. The second kappa shape index (κ2) is 6.48. The molecule has 0 aliphatic carbocycles. The standard InChI is InChI=1S/C13H22N4O3S/c1-3-20-13-11(14)4-5-12(16-13)15-10-6-8-17(9-7-10)21(2,18)19/h4-5,10H,3,6-9,14H2,1-2H3,(H,15,16). The van der Waals surface area contributed by atoms with E-state index in [9.17, 15) is 8.42 Å². The molecule has 7 nitrogen and oxygen atoms in total. The smallest absolute Gasteiger partial charge is 0.239 e. The van der Waals surface area contributed by atoms with Gasteiger partial charge < -0.3 is 15.8 Å². The first-order valence-corrected chi connectivity index (χ1v) is 8.86. The number of ether oxygens (including phenoxy) is 1. The Bertz CT molecular complexity index is 583. The maximum absolute atomic E-state index is 11.5. The molecule has 1 fully saturated rings. The Hall–Kier alpha value is -1.54. The fourth-order valence-electron chi connectivity index (χ4n) is 2.32. The van der Waals surface area contributed by atoms with Crippen molar-refractivity contribution >= 4 is 21.5 Å². The second-order valence-electron chi connectivity index (χ2n) is 5.10. The number of hydrogen-bond donors (Lipinski definition) is 2. The van der Waals surface area contributed by atoms with Crippen LogP contribution < -0.4 is 15.8 Å². The quantitative estimate of drug-likeness (QED) is 0.838. The third kappa shape index (κ3) is 4.21. The molecule has 0 radical (unpaired) electrons.